The minimum absolute atomic E-state index is 0.0266. The second-order valence-corrected chi connectivity index (χ2v) is 5.00. The second kappa shape index (κ2) is 6.38. The van der Waals surface area contributed by atoms with Gasteiger partial charge in [-0.2, -0.15) is 0 Å². The number of nitrogens with zero attached hydrogens (tertiary/aromatic N) is 2. The number of carbonyl (C=O) groups excluding carboxylic acids is 1. The van der Waals surface area contributed by atoms with Crippen molar-refractivity contribution in [3.63, 3.8) is 0 Å². The van der Waals surface area contributed by atoms with Crippen molar-refractivity contribution >= 4 is 6.03 Å². The molecular formula is C14H21N3O. The van der Waals surface area contributed by atoms with Gasteiger partial charge in [0.25, 0.3) is 0 Å². The van der Waals surface area contributed by atoms with E-state index in [1.54, 1.807) is 17.3 Å². The summed E-state index contributed by atoms with van der Waals surface area (Å²) in [6.07, 6.45) is 9.52. The molecule has 0 radical (unpaired) electrons. The lowest BCUT2D eigenvalue weighted by atomic mass is 9.96. The Morgan fingerprint density at radius 3 is 2.67 bits per heavy atom. The Hall–Kier alpha value is -1.58. The lowest BCUT2D eigenvalue weighted by Gasteiger charge is -2.26. The molecule has 0 saturated heterocycles. The van der Waals surface area contributed by atoms with Crippen LogP contribution in [0.1, 0.15) is 37.7 Å². The van der Waals surface area contributed by atoms with E-state index < -0.39 is 0 Å². The van der Waals surface area contributed by atoms with Crippen LogP contribution >= 0.6 is 0 Å². The normalized spacial score (nSPS) is 16.3. The smallest absolute Gasteiger partial charge is 0.317 e. The van der Waals surface area contributed by atoms with Gasteiger partial charge in [0.05, 0.1) is 0 Å². The first-order valence-corrected chi connectivity index (χ1v) is 6.66. The van der Waals surface area contributed by atoms with Gasteiger partial charge in [0.1, 0.15) is 0 Å². The average molecular weight is 247 g/mol. The quantitative estimate of drug-likeness (QED) is 0.892. The fourth-order valence-electron chi connectivity index (χ4n) is 2.37. The molecule has 1 heterocycles. The summed E-state index contributed by atoms with van der Waals surface area (Å²) in [5.41, 5.74) is 1.10. The second-order valence-electron chi connectivity index (χ2n) is 5.00. The van der Waals surface area contributed by atoms with Crippen molar-refractivity contribution in [1.29, 1.82) is 0 Å². The van der Waals surface area contributed by atoms with E-state index in [1.807, 2.05) is 19.2 Å². The van der Waals surface area contributed by atoms with Crippen molar-refractivity contribution in [3.05, 3.63) is 30.1 Å². The summed E-state index contributed by atoms with van der Waals surface area (Å²) in [6, 6.07) is 4.26. The van der Waals surface area contributed by atoms with E-state index in [1.165, 1.54) is 19.3 Å². The van der Waals surface area contributed by atoms with Crippen LogP contribution < -0.4 is 5.32 Å². The molecule has 0 unspecified atom stereocenters. The van der Waals surface area contributed by atoms with Crippen LogP contribution in [0.15, 0.2) is 24.5 Å². The van der Waals surface area contributed by atoms with Crippen LogP contribution in [-0.4, -0.2) is 29.0 Å². The van der Waals surface area contributed by atoms with Crippen molar-refractivity contribution < 1.29 is 4.79 Å². The molecule has 98 valence electrons. The fraction of sp³-hybridized carbons (Fsp3) is 0.571. The molecule has 4 nitrogen and oxygen atoms in total. The van der Waals surface area contributed by atoms with E-state index in [-0.39, 0.29) is 6.03 Å². The predicted octanol–water partition coefficient (Wildman–Crippen LogP) is 2.56. The molecule has 1 aliphatic carbocycles. The summed E-state index contributed by atoms with van der Waals surface area (Å²) >= 11 is 0. The molecule has 0 aromatic carbocycles. The van der Waals surface area contributed by atoms with Crippen molar-refractivity contribution in [2.24, 2.45) is 0 Å². The maximum Gasteiger partial charge on any atom is 0.317 e. The van der Waals surface area contributed by atoms with Crippen molar-refractivity contribution in [1.82, 2.24) is 15.2 Å². The van der Waals surface area contributed by atoms with E-state index in [0.29, 0.717) is 12.6 Å². The maximum atomic E-state index is 12.0. The van der Waals surface area contributed by atoms with E-state index in [0.717, 1.165) is 18.4 Å². The summed E-state index contributed by atoms with van der Waals surface area (Å²) in [5, 5.41) is 3.11. The Balaban J connectivity index is 1.81. The van der Waals surface area contributed by atoms with Crippen LogP contribution in [0.4, 0.5) is 4.79 Å². The zero-order valence-corrected chi connectivity index (χ0v) is 10.9. The monoisotopic (exact) mass is 247 g/mol. The average Bonchev–Trinajstić information content (AvgIpc) is 2.41. The van der Waals surface area contributed by atoms with Crippen LogP contribution in [0.25, 0.3) is 0 Å². The van der Waals surface area contributed by atoms with E-state index in [2.05, 4.69) is 10.3 Å². The predicted molar refractivity (Wildman–Crippen MR) is 71.1 cm³/mol. The van der Waals surface area contributed by atoms with Gasteiger partial charge in [-0.15, -0.1) is 0 Å². The number of amides is 2. The Morgan fingerprint density at radius 2 is 2.00 bits per heavy atom. The lowest BCUT2D eigenvalue weighted by Crippen LogP contribution is -2.43. The molecule has 4 heteroatoms. The van der Waals surface area contributed by atoms with Gasteiger partial charge >= 0.3 is 6.03 Å². The number of aromatic nitrogens is 1. The zero-order chi connectivity index (χ0) is 12.8. The highest BCUT2D eigenvalue weighted by Gasteiger charge is 2.17. The van der Waals surface area contributed by atoms with E-state index in [9.17, 15) is 4.79 Å². The molecule has 0 aliphatic heterocycles. The molecule has 2 amide bonds. The molecule has 18 heavy (non-hydrogen) atoms. The Kier molecular flexibility index (Phi) is 4.56. The highest BCUT2D eigenvalue weighted by atomic mass is 16.2. The highest BCUT2D eigenvalue weighted by Crippen LogP contribution is 2.17. The fourth-order valence-corrected chi connectivity index (χ4v) is 2.37. The Labute approximate surface area is 108 Å². The Bertz CT molecular complexity index is 374. The van der Waals surface area contributed by atoms with Gasteiger partial charge in [0, 0.05) is 32.0 Å². The van der Waals surface area contributed by atoms with E-state index >= 15 is 0 Å². The number of rotatable bonds is 3. The Morgan fingerprint density at radius 1 is 1.33 bits per heavy atom. The summed E-state index contributed by atoms with van der Waals surface area (Å²) in [6.45, 7) is 0.626. The van der Waals surface area contributed by atoms with Gasteiger partial charge in [-0.3, -0.25) is 4.98 Å². The third kappa shape index (κ3) is 3.72. The van der Waals surface area contributed by atoms with Crippen LogP contribution in [0.3, 0.4) is 0 Å². The number of urea groups is 1. The van der Waals surface area contributed by atoms with Crippen molar-refractivity contribution in [2.75, 3.05) is 7.05 Å². The van der Waals surface area contributed by atoms with Gasteiger partial charge in [-0.25, -0.2) is 4.79 Å². The van der Waals surface area contributed by atoms with Crippen LogP contribution in [0.5, 0.6) is 0 Å². The SMILES string of the molecule is CN(Cc1ccncc1)C(=O)NC1CCCCC1. The minimum Gasteiger partial charge on any atom is -0.335 e. The first kappa shape index (κ1) is 12.9. The zero-order valence-electron chi connectivity index (χ0n) is 10.9. The minimum atomic E-state index is 0.0266. The van der Waals surface area contributed by atoms with Crippen molar-refractivity contribution in [3.8, 4) is 0 Å². The topological polar surface area (TPSA) is 45.2 Å². The van der Waals surface area contributed by atoms with Gasteiger partial charge in [0.2, 0.25) is 0 Å². The van der Waals surface area contributed by atoms with Gasteiger partial charge in [0.15, 0.2) is 0 Å². The largest absolute Gasteiger partial charge is 0.335 e. The summed E-state index contributed by atoms with van der Waals surface area (Å²) in [5.74, 6) is 0. The molecular weight excluding hydrogens is 226 g/mol. The first-order valence-electron chi connectivity index (χ1n) is 6.66. The maximum absolute atomic E-state index is 12.0. The third-order valence-corrected chi connectivity index (χ3v) is 3.45. The molecule has 0 atom stereocenters. The van der Waals surface area contributed by atoms with Crippen LogP contribution in [-0.2, 0) is 6.54 Å². The number of nitrogens with one attached hydrogen (secondary N) is 1. The lowest BCUT2D eigenvalue weighted by molar-refractivity contribution is 0.198. The molecule has 2 rings (SSSR count). The molecule has 1 aromatic rings. The number of carbonyl (C=O) groups is 1. The first-order chi connectivity index (χ1) is 8.75. The summed E-state index contributed by atoms with van der Waals surface area (Å²) < 4.78 is 0. The number of hydrogen-bond acceptors (Lipinski definition) is 2. The molecule has 0 bridgehead atoms. The van der Waals surface area contributed by atoms with Gasteiger partial charge in [-0.05, 0) is 30.5 Å². The standard InChI is InChI=1S/C14H21N3O/c1-17(11-12-7-9-15-10-8-12)14(18)16-13-5-3-2-4-6-13/h7-10,13H,2-6,11H2,1H3,(H,16,18). The molecule has 1 N–H and O–H groups in total. The highest BCUT2D eigenvalue weighted by molar-refractivity contribution is 5.74. The van der Waals surface area contributed by atoms with Crippen LogP contribution in [0.2, 0.25) is 0 Å². The van der Waals surface area contributed by atoms with E-state index in [4.69, 9.17) is 0 Å². The van der Waals surface area contributed by atoms with Gasteiger partial charge in [-0.1, -0.05) is 19.3 Å². The van der Waals surface area contributed by atoms with Gasteiger partial charge < -0.3 is 10.2 Å². The molecule has 0 spiro atoms. The molecule has 1 fully saturated rings. The summed E-state index contributed by atoms with van der Waals surface area (Å²) in [4.78, 5) is 17.7. The summed E-state index contributed by atoms with van der Waals surface area (Å²) in [7, 11) is 1.83. The number of hydrogen-bond donors (Lipinski definition) is 1. The molecule has 1 saturated carbocycles. The van der Waals surface area contributed by atoms with Crippen molar-refractivity contribution in [2.45, 2.75) is 44.7 Å². The van der Waals surface area contributed by atoms with Crippen LogP contribution in [0, 0.1) is 0 Å². The molecule has 1 aromatic heterocycles. The number of pyridine rings is 1. The molecule has 1 aliphatic rings. The third-order valence-electron chi connectivity index (χ3n) is 3.45.